The van der Waals surface area contributed by atoms with E-state index in [9.17, 15) is 9.59 Å². The van der Waals surface area contributed by atoms with Gasteiger partial charge in [0.25, 0.3) is 0 Å². The zero-order valence-corrected chi connectivity index (χ0v) is 24.2. The third-order valence-corrected chi connectivity index (χ3v) is 5.14. The molecule has 0 unspecified atom stereocenters. The van der Waals surface area contributed by atoms with Gasteiger partial charge >= 0.3 is 11.9 Å². The predicted octanol–water partition coefficient (Wildman–Crippen LogP) is 4.04. The second kappa shape index (κ2) is 18.2. The van der Waals surface area contributed by atoms with Crippen molar-refractivity contribution in [2.24, 2.45) is 0 Å². The summed E-state index contributed by atoms with van der Waals surface area (Å²) in [5.41, 5.74) is 1.38. The first-order valence-corrected chi connectivity index (χ1v) is 12.2. The van der Waals surface area contributed by atoms with Crippen LogP contribution in [0.3, 0.4) is 0 Å². The summed E-state index contributed by atoms with van der Waals surface area (Å²) in [6.07, 6.45) is 5.27. The molecule has 8 nitrogen and oxygen atoms in total. The van der Waals surface area contributed by atoms with Crippen LogP contribution in [-0.4, -0.2) is 56.6 Å². The number of ether oxygens (including phenoxy) is 2. The Bertz CT molecular complexity index is 832. The maximum absolute atomic E-state index is 11.2. The van der Waals surface area contributed by atoms with Crippen LogP contribution in [-0.2, 0) is 51.4 Å². The molecule has 2 rings (SSSR count). The number of hydrogen-bond donors (Lipinski definition) is 0. The molecule has 172 valence electrons. The van der Waals surface area contributed by atoms with E-state index in [0.717, 1.165) is 22.2 Å². The topological polar surface area (TPSA) is 104 Å². The molecular formula is C20H27ClN4O4S2Zn. The molecule has 2 heterocycles. The number of halogens is 1. The molecule has 0 fully saturated rings. The largest absolute Gasteiger partial charge is 0.466 e. The molecule has 0 spiro atoms. The van der Waals surface area contributed by atoms with Gasteiger partial charge in [-0.15, -0.1) is 0 Å². The van der Waals surface area contributed by atoms with Crippen LogP contribution in [0, 0.1) is 0 Å². The minimum absolute atomic E-state index is 0. The van der Waals surface area contributed by atoms with Crippen LogP contribution in [0.1, 0.15) is 38.8 Å². The van der Waals surface area contributed by atoms with Crippen LogP contribution in [0.2, 0.25) is 5.15 Å². The van der Waals surface area contributed by atoms with Crippen molar-refractivity contribution < 1.29 is 38.5 Å². The van der Waals surface area contributed by atoms with Gasteiger partial charge in [0.05, 0.1) is 26.1 Å². The van der Waals surface area contributed by atoms with Gasteiger partial charge in [0.15, 0.2) is 10.3 Å². The number of carbonyl (C=O) groups excluding carboxylic acids is 2. The van der Waals surface area contributed by atoms with E-state index < -0.39 is 0 Å². The van der Waals surface area contributed by atoms with Gasteiger partial charge in [-0.3, -0.25) is 9.59 Å². The number of aromatic nitrogens is 4. The standard InChI is InChI=1S/C10H13ClN2O2S.C10H14N2O2S.Zn/c1-3-15-8(14)5-7-6-12-10(16-4-2)13-9(7)11;1-3-14-9(13)5-8-6-11-10(12-7-8)15-4-2;/h6H,3-5H2,1-2H3;6-7H,3-5H2,1-2H3;. The van der Waals surface area contributed by atoms with Crippen LogP contribution in [0.5, 0.6) is 0 Å². The van der Waals surface area contributed by atoms with Crippen LogP contribution >= 0.6 is 35.1 Å². The van der Waals surface area contributed by atoms with Gasteiger partial charge in [-0.25, -0.2) is 19.9 Å². The Morgan fingerprint density at radius 2 is 1.34 bits per heavy atom. The summed E-state index contributed by atoms with van der Waals surface area (Å²) in [6.45, 7) is 8.37. The molecule has 0 saturated carbocycles. The predicted molar refractivity (Wildman–Crippen MR) is 123 cm³/mol. The van der Waals surface area contributed by atoms with Crippen LogP contribution in [0.25, 0.3) is 0 Å². The molecule has 0 N–H and O–H groups in total. The van der Waals surface area contributed by atoms with Crippen molar-refractivity contribution in [1.82, 2.24) is 19.9 Å². The van der Waals surface area contributed by atoms with Crippen molar-refractivity contribution in [3.05, 3.63) is 34.9 Å². The average Bonchev–Trinajstić information content (AvgIpc) is 2.73. The fourth-order valence-corrected chi connectivity index (χ4v) is 3.37. The van der Waals surface area contributed by atoms with Crippen LogP contribution in [0.15, 0.2) is 28.9 Å². The summed E-state index contributed by atoms with van der Waals surface area (Å²) < 4.78 is 9.64. The van der Waals surface area contributed by atoms with Crippen molar-refractivity contribution in [3.63, 3.8) is 0 Å². The molecule has 32 heavy (non-hydrogen) atoms. The monoisotopic (exact) mass is 550 g/mol. The van der Waals surface area contributed by atoms with E-state index in [0.29, 0.717) is 29.1 Å². The van der Waals surface area contributed by atoms with Gasteiger partial charge in [-0.1, -0.05) is 49.0 Å². The fourth-order valence-electron chi connectivity index (χ4n) is 2.07. The molecule has 0 amide bonds. The first-order chi connectivity index (χ1) is 14.9. The van der Waals surface area contributed by atoms with Crippen molar-refractivity contribution in [2.75, 3.05) is 24.7 Å². The summed E-state index contributed by atoms with van der Waals surface area (Å²) in [5, 5.41) is 1.68. The molecule has 0 radical (unpaired) electrons. The SMILES string of the molecule is CCOC(=O)Cc1cnc(SCC)nc1.CCOC(=O)Cc1cnc(SCC)nc1Cl.[Zn]. The van der Waals surface area contributed by atoms with Crippen molar-refractivity contribution in [2.45, 2.75) is 50.8 Å². The molecule has 0 bridgehead atoms. The Kier molecular flexibility index (Phi) is 17.4. The second-order valence-corrected chi connectivity index (χ2v) is 8.49. The molecule has 0 aromatic carbocycles. The number of nitrogens with zero attached hydrogens (tertiary/aromatic N) is 4. The smallest absolute Gasteiger partial charge is 0.310 e. The Hall–Kier alpha value is -1.29. The maximum Gasteiger partial charge on any atom is 0.310 e. The quantitative estimate of drug-likeness (QED) is 0.141. The Morgan fingerprint density at radius 3 is 1.84 bits per heavy atom. The Balaban J connectivity index is 0.000000584. The third-order valence-electron chi connectivity index (χ3n) is 3.31. The van der Waals surface area contributed by atoms with Crippen molar-refractivity contribution in [1.29, 1.82) is 0 Å². The van der Waals surface area contributed by atoms with Crippen LogP contribution < -0.4 is 0 Å². The van der Waals surface area contributed by atoms with E-state index in [2.05, 4.69) is 19.9 Å². The average molecular weight is 552 g/mol. The van der Waals surface area contributed by atoms with Crippen molar-refractivity contribution in [3.8, 4) is 0 Å². The minimum Gasteiger partial charge on any atom is -0.466 e. The molecule has 2 aromatic rings. The van der Waals surface area contributed by atoms with Gasteiger partial charge < -0.3 is 9.47 Å². The van der Waals surface area contributed by atoms with E-state index in [1.54, 1.807) is 44.2 Å². The van der Waals surface area contributed by atoms with E-state index >= 15 is 0 Å². The molecule has 0 aliphatic carbocycles. The molecule has 0 aliphatic rings. The Morgan fingerprint density at radius 1 is 0.844 bits per heavy atom. The molecule has 2 aromatic heterocycles. The summed E-state index contributed by atoms with van der Waals surface area (Å²) in [7, 11) is 0. The number of rotatable bonds is 10. The third kappa shape index (κ3) is 12.7. The minimum atomic E-state index is -0.316. The van der Waals surface area contributed by atoms with Crippen LogP contribution in [0.4, 0.5) is 0 Å². The molecule has 0 atom stereocenters. The molecule has 0 saturated heterocycles. The first-order valence-electron chi connectivity index (χ1n) is 9.82. The van der Waals surface area contributed by atoms with Gasteiger partial charge in [-0.2, -0.15) is 0 Å². The maximum atomic E-state index is 11.2. The summed E-state index contributed by atoms with van der Waals surface area (Å²) >= 11 is 9.02. The number of carbonyl (C=O) groups is 2. The van der Waals surface area contributed by atoms with E-state index in [4.69, 9.17) is 21.1 Å². The van der Waals surface area contributed by atoms with Gasteiger partial charge in [0.2, 0.25) is 0 Å². The van der Waals surface area contributed by atoms with Crippen molar-refractivity contribution >= 4 is 47.1 Å². The number of hydrogen-bond acceptors (Lipinski definition) is 10. The first kappa shape index (κ1) is 30.7. The molecule has 0 aliphatic heterocycles. The van der Waals surface area contributed by atoms with E-state index in [-0.39, 0.29) is 44.3 Å². The number of esters is 2. The molecular weight excluding hydrogens is 525 g/mol. The van der Waals surface area contributed by atoms with Gasteiger partial charge in [0, 0.05) is 43.6 Å². The zero-order chi connectivity index (χ0) is 23.1. The zero-order valence-electron chi connectivity index (χ0n) is 18.8. The molecule has 12 heteroatoms. The van der Waals surface area contributed by atoms with E-state index in [1.807, 2.05) is 13.8 Å². The summed E-state index contributed by atoms with van der Waals surface area (Å²) in [6, 6.07) is 0. The summed E-state index contributed by atoms with van der Waals surface area (Å²) in [5.74, 6) is 1.27. The van der Waals surface area contributed by atoms with E-state index in [1.165, 1.54) is 11.8 Å². The fraction of sp³-hybridized carbons (Fsp3) is 0.500. The van der Waals surface area contributed by atoms with Gasteiger partial charge in [-0.05, 0) is 30.9 Å². The Labute approximate surface area is 215 Å². The van der Waals surface area contributed by atoms with Gasteiger partial charge in [0.1, 0.15) is 5.15 Å². The number of thioether (sulfide) groups is 2. The summed E-state index contributed by atoms with van der Waals surface area (Å²) in [4.78, 5) is 38.8. The second-order valence-electron chi connectivity index (χ2n) is 5.67. The normalized spacial score (nSPS) is 9.78.